The van der Waals surface area contributed by atoms with Crippen LogP contribution >= 0.6 is 11.8 Å². The van der Waals surface area contributed by atoms with Crippen molar-refractivity contribution in [2.45, 2.75) is 32.6 Å². The molecule has 0 saturated carbocycles. The number of non-ortho nitro benzene ring substituents is 1. The van der Waals surface area contributed by atoms with Gasteiger partial charge < -0.3 is 4.90 Å². The lowest BCUT2D eigenvalue weighted by Crippen LogP contribution is -2.28. The molecule has 6 heteroatoms. The lowest BCUT2D eigenvalue weighted by molar-refractivity contribution is -0.485. The van der Waals surface area contributed by atoms with Crippen molar-refractivity contribution in [3.63, 3.8) is 0 Å². The van der Waals surface area contributed by atoms with Crippen LogP contribution in [0.3, 0.4) is 0 Å². The fraction of sp³-hybridized carbons (Fsp3) is 0.500. The van der Waals surface area contributed by atoms with Crippen LogP contribution in [0.1, 0.15) is 32.8 Å². The van der Waals surface area contributed by atoms with Crippen molar-refractivity contribution >= 4 is 28.2 Å². The van der Waals surface area contributed by atoms with Crippen LogP contribution in [0, 0.1) is 10.1 Å². The monoisotopic (exact) mass is 346 g/mol. The largest absolute Gasteiger partial charge is 0.344 e. The second kappa shape index (κ2) is 6.24. The molecule has 0 aromatic heterocycles. The van der Waals surface area contributed by atoms with Crippen LogP contribution in [0.5, 0.6) is 0 Å². The summed E-state index contributed by atoms with van der Waals surface area (Å²) < 4.78 is 2.28. The molecule has 2 aliphatic heterocycles. The third-order valence-electron chi connectivity index (χ3n) is 4.85. The van der Waals surface area contributed by atoms with Gasteiger partial charge in [-0.2, -0.15) is 0 Å². The molecule has 0 amide bonds. The van der Waals surface area contributed by atoms with Crippen molar-refractivity contribution in [3.05, 3.63) is 45.6 Å². The predicted octanol–water partition coefficient (Wildman–Crippen LogP) is 3.77. The molecule has 1 aromatic carbocycles. The first kappa shape index (κ1) is 17.0. The molecular weight excluding hydrogens is 322 g/mol. The number of rotatable bonds is 4. The first-order valence-electron chi connectivity index (χ1n) is 8.35. The fourth-order valence-corrected chi connectivity index (χ4v) is 4.56. The van der Waals surface area contributed by atoms with Gasteiger partial charge in [0.1, 0.15) is 7.05 Å². The molecule has 0 N–H and O–H groups in total. The Kier molecular flexibility index (Phi) is 4.42. The zero-order chi connectivity index (χ0) is 17.5. The van der Waals surface area contributed by atoms with Gasteiger partial charge in [-0.1, -0.05) is 32.5 Å². The van der Waals surface area contributed by atoms with Gasteiger partial charge in [0, 0.05) is 41.6 Å². The molecule has 0 aliphatic carbocycles. The zero-order valence-electron chi connectivity index (χ0n) is 14.7. The number of hydrogen-bond acceptors (Lipinski definition) is 4. The van der Waals surface area contributed by atoms with Crippen molar-refractivity contribution < 1.29 is 9.50 Å². The molecule has 128 valence electrons. The van der Waals surface area contributed by atoms with Crippen molar-refractivity contribution in [2.75, 3.05) is 30.8 Å². The Hall–Kier alpha value is -1.82. The predicted molar refractivity (Wildman–Crippen MR) is 100 cm³/mol. The van der Waals surface area contributed by atoms with E-state index in [4.69, 9.17) is 0 Å². The van der Waals surface area contributed by atoms with Crippen molar-refractivity contribution in [3.8, 4) is 0 Å². The SMILES string of the molecule is CCCN1C(=CC2=[N+](C)CCS2)C(C)(C)c2cc([N+](=O)[O-])ccc21. The molecule has 2 heterocycles. The van der Waals surface area contributed by atoms with E-state index in [0.29, 0.717) is 0 Å². The number of nitrogens with zero attached hydrogens (tertiary/aromatic N) is 3. The molecular formula is C18H24N3O2S+. The third-order valence-corrected chi connectivity index (χ3v) is 5.96. The quantitative estimate of drug-likeness (QED) is 0.473. The fourth-order valence-electron chi connectivity index (χ4n) is 3.48. The molecule has 0 atom stereocenters. The average molecular weight is 346 g/mol. The van der Waals surface area contributed by atoms with E-state index >= 15 is 0 Å². The van der Waals surface area contributed by atoms with E-state index in [1.165, 1.54) is 10.7 Å². The smallest absolute Gasteiger partial charge is 0.269 e. The summed E-state index contributed by atoms with van der Waals surface area (Å²) >= 11 is 1.88. The molecule has 2 aliphatic rings. The summed E-state index contributed by atoms with van der Waals surface area (Å²) in [5.74, 6) is 1.11. The van der Waals surface area contributed by atoms with Crippen LogP contribution in [0.2, 0.25) is 0 Å². The van der Waals surface area contributed by atoms with Gasteiger partial charge in [0.25, 0.3) is 5.69 Å². The number of thioether (sulfide) groups is 1. The number of nitro groups is 1. The minimum absolute atomic E-state index is 0.166. The molecule has 0 radical (unpaired) electrons. The van der Waals surface area contributed by atoms with Crippen molar-refractivity contribution in [2.24, 2.45) is 0 Å². The highest BCUT2D eigenvalue weighted by atomic mass is 32.2. The lowest BCUT2D eigenvalue weighted by Gasteiger charge is -2.26. The van der Waals surface area contributed by atoms with Crippen molar-refractivity contribution in [1.82, 2.24) is 0 Å². The minimum Gasteiger partial charge on any atom is -0.344 e. The van der Waals surface area contributed by atoms with Gasteiger partial charge in [0.15, 0.2) is 6.54 Å². The molecule has 0 fully saturated rings. The molecule has 24 heavy (non-hydrogen) atoms. The number of allylic oxidation sites excluding steroid dienone is 1. The Balaban J connectivity index is 2.14. The Morgan fingerprint density at radius 3 is 2.79 bits per heavy atom. The van der Waals surface area contributed by atoms with Gasteiger partial charge in [-0.3, -0.25) is 10.1 Å². The van der Waals surface area contributed by atoms with E-state index in [-0.39, 0.29) is 16.0 Å². The van der Waals surface area contributed by atoms with E-state index < -0.39 is 0 Å². The Morgan fingerprint density at radius 1 is 1.46 bits per heavy atom. The molecule has 3 rings (SSSR count). The minimum atomic E-state index is -0.308. The van der Waals surface area contributed by atoms with E-state index in [0.717, 1.165) is 36.5 Å². The average Bonchev–Trinajstić information content (AvgIpc) is 3.02. The molecule has 0 bridgehead atoms. The van der Waals surface area contributed by atoms with Gasteiger partial charge in [0.05, 0.1) is 10.7 Å². The van der Waals surface area contributed by atoms with Gasteiger partial charge in [0.2, 0.25) is 5.04 Å². The summed E-state index contributed by atoms with van der Waals surface area (Å²) in [4.78, 5) is 13.2. The number of nitro benzene ring substituents is 1. The number of anilines is 1. The highest BCUT2D eigenvalue weighted by Gasteiger charge is 2.41. The van der Waals surface area contributed by atoms with Crippen LogP contribution in [0.25, 0.3) is 0 Å². The number of hydrogen-bond donors (Lipinski definition) is 0. The van der Waals surface area contributed by atoms with Crippen LogP contribution < -0.4 is 4.90 Å². The Labute approximate surface area is 147 Å². The second-order valence-corrected chi connectivity index (χ2v) is 7.99. The maximum Gasteiger partial charge on any atom is 0.269 e. The third kappa shape index (κ3) is 2.73. The summed E-state index contributed by atoms with van der Waals surface area (Å²) in [5.41, 5.74) is 3.30. The number of benzene rings is 1. The van der Waals surface area contributed by atoms with Gasteiger partial charge in [-0.25, -0.2) is 4.58 Å². The van der Waals surface area contributed by atoms with Gasteiger partial charge >= 0.3 is 0 Å². The van der Waals surface area contributed by atoms with Crippen LogP contribution in [0.4, 0.5) is 11.4 Å². The first-order chi connectivity index (χ1) is 11.4. The zero-order valence-corrected chi connectivity index (χ0v) is 15.5. The molecule has 0 spiro atoms. The summed E-state index contributed by atoms with van der Waals surface area (Å²) in [7, 11) is 2.12. The highest BCUT2D eigenvalue weighted by molar-refractivity contribution is 8.14. The van der Waals surface area contributed by atoms with Gasteiger partial charge in [-0.15, -0.1) is 0 Å². The highest BCUT2D eigenvalue weighted by Crippen LogP contribution is 2.49. The summed E-state index contributed by atoms with van der Waals surface area (Å²) in [6.07, 6.45) is 3.31. The van der Waals surface area contributed by atoms with Gasteiger partial charge in [-0.05, 0) is 18.1 Å². The molecule has 1 aromatic rings. The summed E-state index contributed by atoms with van der Waals surface area (Å²) in [5, 5.41) is 12.5. The topological polar surface area (TPSA) is 49.4 Å². The van der Waals surface area contributed by atoms with Crippen LogP contribution in [-0.4, -0.2) is 40.4 Å². The maximum absolute atomic E-state index is 11.2. The van der Waals surface area contributed by atoms with E-state index in [1.807, 2.05) is 17.8 Å². The number of fused-ring (bicyclic) bond motifs is 1. The van der Waals surface area contributed by atoms with E-state index in [2.05, 4.69) is 43.4 Å². The first-order valence-corrected chi connectivity index (χ1v) is 9.34. The molecule has 0 saturated heterocycles. The van der Waals surface area contributed by atoms with E-state index in [1.54, 1.807) is 12.1 Å². The Bertz CT molecular complexity index is 753. The maximum atomic E-state index is 11.2. The molecule has 5 nitrogen and oxygen atoms in total. The van der Waals surface area contributed by atoms with Crippen molar-refractivity contribution in [1.29, 1.82) is 0 Å². The Morgan fingerprint density at radius 2 is 2.21 bits per heavy atom. The lowest BCUT2D eigenvalue weighted by atomic mass is 9.83. The normalized spacial score (nSPS) is 20.8. The standard InChI is InChI=1S/C18H24N3O2S/c1-5-8-20-15-7-6-13(21(22)23)11-14(15)18(2,3)16(20)12-17-19(4)9-10-24-17/h6-7,11-12H,5,8-10H2,1-4H3/q+1. The summed E-state index contributed by atoms with van der Waals surface area (Å²) in [6.45, 7) is 8.48. The van der Waals surface area contributed by atoms with E-state index in [9.17, 15) is 10.1 Å². The summed E-state index contributed by atoms with van der Waals surface area (Å²) in [6, 6.07) is 5.26. The second-order valence-electron chi connectivity index (χ2n) is 6.87. The molecule has 0 unspecified atom stereocenters. The van der Waals surface area contributed by atoms with Crippen LogP contribution in [0.15, 0.2) is 30.0 Å². The van der Waals surface area contributed by atoms with Crippen LogP contribution in [-0.2, 0) is 5.41 Å².